The summed E-state index contributed by atoms with van der Waals surface area (Å²) >= 11 is 6.24. The first kappa shape index (κ1) is 16.0. The first-order valence-electron chi connectivity index (χ1n) is 8.02. The van der Waals surface area contributed by atoms with E-state index in [0.717, 1.165) is 43.3 Å². The van der Waals surface area contributed by atoms with Crippen molar-refractivity contribution in [2.24, 2.45) is 5.10 Å². The molecule has 120 valence electrons. The second-order valence-electron chi connectivity index (χ2n) is 5.98. The van der Waals surface area contributed by atoms with Crippen molar-refractivity contribution < 1.29 is 0 Å². The van der Waals surface area contributed by atoms with Crippen molar-refractivity contribution in [2.75, 3.05) is 26.2 Å². The van der Waals surface area contributed by atoms with Crippen LogP contribution in [0.15, 0.2) is 53.6 Å². The van der Waals surface area contributed by atoms with Crippen LogP contribution in [0.2, 0.25) is 5.02 Å². The SMILES string of the molecule is Cc1ccc(/C=N/N2CCN(Cc3ccccc3Cl)CC2)cc1. The molecule has 0 aliphatic carbocycles. The molecule has 0 radical (unpaired) electrons. The fourth-order valence-electron chi connectivity index (χ4n) is 2.68. The Hall–Kier alpha value is -1.84. The maximum atomic E-state index is 6.24. The Kier molecular flexibility index (Phi) is 5.31. The van der Waals surface area contributed by atoms with Crippen LogP contribution in [0.25, 0.3) is 0 Å². The fourth-order valence-corrected chi connectivity index (χ4v) is 2.87. The standard InChI is InChI=1S/C19H22ClN3/c1-16-6-8-17(9-7-16)14-21-23-12-10-22(11-13-23)15-18-4-2-3-5-19(18)20/h2-9,14H,10-13,15H2,1H3/b21-14+. The smallest absolute Gasteiger partial charge is 0.0542 e. The number of hydrazone groups is 1. The van der Waals surface area contributed by atoms with E-state index in [1.54, 1.807) is 0 Å². The van der Waals surface area contributed by atoms with E-state index in [9.17, 15) is 0 Å². The third kappa shape index (κ3) is 4.57. The van der Waals surface area contributed by atoms with Crippen LogP contribution in [0.1, 0.15) is 16.7 Å². The molecule has 0 N–H and O–H groups in total. The predicted octanol–water partition coefficient (Wildman–Crippen LogP) is 3.80. The molecular weight excluding hydrogens is 306 g/mol. The Morgan fingerprint density at radius 3 is 2.39 bits per heavy atom. The second kappa shape index (κ2) is 7.62. The highest BCUT2D eigenvalue weighted by Gasteiger charge is 2.16. The number of aryl methyl sites for hydroxylation is 1. The van der Waals surface area contributed by atoms with Crippen LogP contribution in [-0.2, 0) is 6.54 Å². The van der Waals surface area contributed by atoms with E-state index < -0.39 is 0 Å². The van der Waals surface area contributed by atoms with Crippen molar-refractivity contribution >= 4 is 17.8 Å². The summed E-state index contributed by atoms with van der Waals surface area (Å²) in [5, 5.41) is 7.59. The molecule has 3 nitrogen and oxygen atoms in total. The van der Waals surface area contributed by atoms with Crippen LogP contribution >= 0.6 is 11.6 Å². The molecule has 0 atom stereocenters. The summed E-state index contributed by atoms with van der Waals surface area (Å²) in [5.41, 5.74) is 3.62. The number of hydrogen-bond donors (Lipinski definition) is 0. The summed E-state index contributed by atoms with van der Waals surface area (Å²) in [6, 6.07) is 16.5. The molecule has 0 aromatic heterocycles. The molecule has 2 aromatic rings. The van der Waals surface area contributed by atoms with E-state index in [-0.39, 0.29) is 0 Å². The van der Waals surface area contributed by atoms with Crippen molar-refractivity contribution in [3.63, 3.8) is 0 Å². The average molecular weight is 328 g/mol. The van der Waals surface area contributed by atoms with Gasteiger partial charge in [-0.3, -0.25) is 9.91 Å². The van der Waals surface area contributed by atoms with Gasteiger partial charge in [0.25, 0.3) is 0 Å². The van der Waals surface area contributed by atoms with E-state index in [2.05, 4.69) is 52.3 Å². The predicted molar refractivity (Wildman–Crippen MR) is 97.1 cm³/mol. The topological polar surface area (TPSA) is 18.8 Å². The molecule has 0 amide bonds. The van der Waals surface area contributed by atoms with Gasteiger partial charge in [0.05, 0.1) is 6.21 Å². The van der Waals surface area contributed by atoms with E-state index in [1.165, 1.54) is 11.1 Å². The fraction of sp³-hybridized carbons (Fsp3) is 0.316. The summed E-state index contributed by atoms with van der Waals surface area (Å²) in [5.74, 6) is 0. The largest absolute Gasteiger partial charge is 0.295 e. The lowest BCUT2D eigenvalue weighted by Crippen LogP contribution is -2.43. The quantitative estimate of drug-likeness (QED) is 0.795. The van der Waals surface area contributed by atoms with E-state index in [1.807, 2.05) is 24.4 Å². The Bertz CT molecular complexity index is 659. The van der Waals surface area contributed by atoms with Gasteiger partial charge in [-0.1, -0.05) is 59.6 Å². The highest BCUT2D eigenvalue weighted by atomic mass is 35.5. The zero-order valence-electron chi connectivity index (χ0n) is 13.5. The number of halogens is 1. The van der Waals surface area contributed by atoms with Crippen LogP contribution < -0.4 is 0 Å². The summed E-state index contributed by atoms with van der Waals surface area (Å²) in [4.78, 5) is 2.43. The molecule has 1 fully saturated rings. The lowest BCUT2D eigenvalue weighted by atomic mass is 10.2. The van der Waals surface area contributed by atoms with Gasteiger partial charge in [-0.25, -0.2) is 0 Å². The van der Waals surface area contributed by atoms with Crippen LogP contribution in [0.3, 0.4) is 0 Å². The van der Waals surface area contributed by atoms with Crippen LogP contribution in [0.4, 0.5) is 0 Å². The maximum Gasteiger partial charge on any atom is 0.0542 e. The minimum atomic E-state index is 0.854. The van der Waals surface area contributed by atoms with E-state index in [0.29, 0.717) is 0 Å². The number of piperazine rings is 1. The van der Waals surface area contributed by atoms with Crippen LogP contribution in [0, 0.1) is 6.92 Å². The van der Waals surface area contributed by atoms with Gasteiger partial charge in [0.15, 0.2) is 0 Å². The summed E-state index contributed by atoms with van der Waals surface area (Å²) in [7, 11) is 0. The van der Waals surface area contributed by atoms with Crippen molar-refractivity contribution in [3.8, 4) is 0 Å². The van der Waals surface area contributed by atoms with Gasteiger partial charge in [0.2, 0.25) is 0 Å². The molecule has 1 heterocycles. The second-order valence-corrected chi connectivity index (χ2v) is 6.38. The van der Waals surface area contributed by atoms with Gasteiger partial charge in [-0.2, -0.15) is 5.10 Å². The molecule has 0 spiro atoms. The molecule has 23 heavy (non-hydrogen) atoms. The number of rotatable bonds is 4. The normalized spacial score (nSPS) is 16.2. The zero-order valence-corrected chi connectivity index (χ0v) is 14.2. The highest BCUT2D eigenvalue weighted by Crippen LogP contribution is 2.17. The summed E-state index contributed by atoms with van der Waals surface area (Å²) in [6.45, 7) is 6.93. The Morgan fingerprint density at radius 2 is 1.70 bits per heavy atom. The van der Waals surface area contributed by atoms with Gasteiger partial charge in [0, 0.05) is 37.7 Å². The lowest BCUT2D eigenvalue weighted by molar-refractivity contribution is 0.131. The molecule has 1 aliphatic heterocycles. The van der Waals surface area contributed by atoms with Crippen molar-refractivity contribution in [3.05, 3.63) is 70.2 Å². The first-order valence-corrected chi connectivity index (χ1v) is 8.40. The van der Waals surface area contributed by atoms with Crippen molar-refractivity contribution in [2.45, 2.75) is 13.5 Å². The summed E-state index contributed by atoms with van der Waals surface area (Å²) < 4.78 is 0. The molecule has 3 rings (SSSR count). The molecule has 4 heteroatoms. The Balaban J connectivity index is 1.50. The Labute approximate surface area is 143 Å². The van der Waals surface area contributed by atoms with Gasteiger partial charge in [-0.05, 0) is 24.1 Å². The van der Waals surface area contributed by atoms with E-state index in [4.69, 9.17) is 11.6 Å². The molecule has 2 aromatic carbocycles. The molecular formula is C19H22ClN3. The van der Waals surface area contributed by atoms with E-state index >= 15 is 0 Å². The minimum absolute atomic E-state index is 0.854. The van der Waals surface area contributed by atoms with Gasteiger partial charge in [0.1, 0.15) is 0 Å². The molecule has 0 saturated carbocycles. The Morgan fingerprint density at radius 1 is 1.00 bits per heavy atom. The minimum Gasteiger partial charge on any atom is -0.295 e. The van der Waals surface area contributed by atoms with Gasteiger partial charge < -0.3 is 0 Å². The van der Waals surface area contributed by atoms with Crippen molar-refractivity contribution in [1.82, 2.24) is 9.91 Å². The van der Waals surface area contributed by atoms with Gasteiger partial charge >= 0.3 is 0 Å². The average Bonchev–Trinajstić information content (AvgIpc) is 2.58. The number of hydrogen-bond acceptors (Lipinski definition) is 3. The number of benzene rings is 2. The van der Waals surface area contributed by atoms with Gasteiger partial charge in [-0.15, -0.1) is 0 Å². The lowest BCUT2D eigenvalue weighted by Gasteiger charge is -2.33. The maximum absolute atomic E-state index is 6.24. The molecule has 0 bridgehead atoms. The van der Waals surface area contributed by atoms with Crippen molar-refractivity contribution in [1.29, 1.82) is 0 Å². The first-order chi connectivity index (χ1) is 11.2. The molecule has 1 aliphatic rings. The van der Waals surface area contributed by atoms with Crippen LogP contribution in [0.5, 0.6) is 0 Å². The monoisotopic (exact) mass is 327 g/mol. The highest BCUT2D eigenvalue weighted by molar-refractivity contribution is 6.31. The number of nitrogens with zero attached hydrogens (tertiary/aromatic N) is 3. The molecule has 1 saturated heterocycles. The zero-order chi connectivity index (χ0) is 16.1. The third-order valence-corrected chi connectivity index (χ3v) is 4.52. The third-order valence-electron chi connectivity index (χ3n) is 4.15. The molecule has 0 unspecified atom stereocenters. The van der Waals surface area contributed by atoms with Crippen LogP contribution in [-0.4, -0.2) is 42.3 Å². The summed E-state index contributed by atoms with van der Waals surface area (Å²) in [6.07, 6.45) is 1.95.